The largest absolute Gasteiger partial charge is 0.503 e. The first-order valence-electron chi connectivity index (χ1n) is 6.23. The summed E-state index contributed by atoms with van der Waals surface area (Å²) < 4.78 is 10.1. The first-order valence-corrected chi connectivity index (χ1v) is 6.23. The van der Waals surface area contributed by atoms with Crippen molar-refractivity contribution in [1.82, 2.24) is 0 Å². The fourth-order valence-electron chi connectivity index (χ4n) is 1.53. The number of aliphatic hydroxyl groups excluding tert-OH is 1. The van der Waals surface area contributed by atoms with Crippen molar-refractivity contribution < 1.29 is 24.5 Å². The van der Waals surface area contributed by atoms with E-state index in [0.717, 1.165) is 0 Å². The Hall–Kier alpha value is -1.95. The molecular weight excluding hydrogens is 262 g/mol. The van der Waals surface area contributed by atoms with Gasteiger partial charge in [0.05, 0.1) is 18.9 Å². The van der Waals surface area contributed by atoms with Crippen molar-refractivity contribution in [2.24, 2.45) is 0 Å². The Morgan fingerprint density at radius 1 is 1.35 bits per heavy atom. The lowest BCUT2D eigenvalue weighted by Gasteiger charge is -2.20. The van der Waals surface area contributed by atoms with Gasteiger partial charge in [-0.15, -0.1) is 0 Å². The smallest absolute Gasteiger partial charge is 0.412 e. The highest BCUT2D eigenvalue weighted by atomic mass is 16.6. The van der Waals surface area contributed by atoms with Gasteiger partial charge in [-0.3, -0.25) is 5.32 Å². The van der Waals surface area contributed by atoms with E-state index in [0.29, 0.717) is 5.56 Å². The molecule has 6 nitrogen and oxygen atoms in total. The quantitative estimate of drug-likeness (QED) is 0.742. The number of aliphatic hydroxyl groups is 1. The molecular formula is C14H21NO5. The molecule has 0 aliphatic carbocycles. The number of ether oxygens (including phenoxy) is 2. The molecule has 0 radical (unpaired) electrons. The Bertz CT molecular complexity index is 491. The maximum Gasteiger partial charge on any atom is 0.412 e. The van der Waals surface area contributed by atoms with Gasteiger partial charge in [-0.2, -0.15) is 0 Å². The van der Waals surface area contributed by atoms with E-state index in [-0.39, 0.29) is 17.2 Å². The molecule has 1 aromatic rings. The van der Waals surface area contributed by atoms with Crippen molar-refractivity contribution in [2.45, 2.75) is 39.4 Å². The third kappa shape index (κ3) is 4.31. The third-order valence-corrected chi connectivity index (χ3v) is 2.44. The van der Waals surface area contributed by atoms with Crippen LogP contribution in [0.5, 0.6) is 11.5 Å². The second kappa shape index (κ2) is 6.00. The van der Waals surface area contributed by atoms with Gasteiger partial charge in [0.2, 0.25) is 0 Å². The number of aromatic hydroxyl groups is 1. The molecule has 0 unspecified atom stereocenters. The summed E-state index contributed by atoms with van der Waals surface area (Å²) in [5.41, 5.74) is -0.0220. The number of phenolic OH excluding ortho intramolecular Hbond substituents is 1. The molecule has 0 aliphatic rings. The molecule has 0 spiro atoms. The lowest BCUT2D eigenvalue weighted by molar-refractivity contribution is 0.0635. The molecule has 1 aromatic carbocycles. The van der Waals surface area contributed by atoms with Gasteiger partial charge in [-0.25, -0.2) is 4.79 Å². The van der Waals surface area contributed by atoms with Crippen LogP contribution in [0, 0.1) is 0 Å². The maximum atomic E-state index is 11.7. The summed E-state index contributed by atoms with van der Waals surface area (Å²) in [6, 6.07) is 2.96. The minimum atomic E-state index is -0.760. The Kier molecular flexibility index (Phi) is 4.83. The summed E-state index contributed by atoms with van der Waals surface area (Å²) in [6.45, 7) is 6.78. The fourth-order valence-corrected chi connectivity index (χ4v) is 1.53. The Morgan fingerprint density at radius 2 is 1.95 bits per heavy atom. The summed E-state index contributed by atoms with van der Waals surface area (Å²) >= 11 is 0. The zero-order chi connectivity index (χ0) is 15.5. The first-order chi connectivity index (χ1) is 9.14. The summed E-state index contributed by atoms with van der Waals surface area (Å²) in [4.78, 5) is 11.7. The highest BCUT2D eigenvalue weighted by Gasteiger charge is 2.19. The topological polar surface area (TPSA) is 88.0 Å². The minimum absolute atomic E-state index is 0.120. The number of rotatable bonds is 3. The average Bonchev–Trinajstić information content (AvgIpc) is 2.28. The fraction of sp³-hybridized carbons (Fsp3) is 0.500. The van der Waals surface area contributed by atoms with Gasteiger partial charge in [0.1, 0.15) is 5.60 Å². The van der Waals surface area contributed by atoms with Gasteiger partial charge < -0.3 is 19.7 Å². The van der Waals surface area contributed by atoms with Crippen LogP contribution in [0.4, 0.5) is 10.5 Å². The van der Waals surface area contributed by atoms with Crippen LogP contribution in [0.3, 0.4) is 0 Å². The number of anilines is 1. The van der Waals surface area contributed by atoms with E-state index in [1.807, 2.05) is 0 Å². The highest BCUT2D eigenvalue weighted by molar-refractivity contribution is 5.88. The second-order valence-corrected chi connectivity index (χ2v) is 5.42. The molecule has 112 valence electrons. The lowest BCUT2D eigenvalue weighted by Crippen LogP contribution is -2.27. The highest BCUT2D eigenvalue weighted by Crippen LogP contribution is 2.37. The molecule has 0 fully saturated rings. The Balaban J connectivity index is 3.05. The number of carbonyl (C=O) groups excluding carboxylic acids is 1. The maximum absolute atomic E-state index is 11.7. The summed E-state index contributed by atoms with van der Waals surface area (Å²) in [5.74, 6) is -0.0581. The van der Waals surface area contributed by atoms with E-state index in [9.17, 15) is 15.0 Å². The molecule has 3 N–H and O–H groups in total. The molecule has 6 heteroatoms. The van der Waals surface area contributed by atoms with Gasteiger partial charge in [0, 0.05) is 0 Å². The van der Waals surface area contributed by atoms with Crippen molar-refractivity contribution in [2.75, 3.05) is 12.4 Å². The van der Waals surface area contributed by atoms with Crippen molar-refractivity contribution in [3.05, 3.63) is 17.7 Å². The SMILES string of the molecule is COc1cc([C@H](C)O)cc(NC(=O)OC(C)(C)C)c1O. The number of nitrogens with one attached hydrogen (secondary N) is 1. The number of carbonyl (C=O) groups is 1. The van der Waals surface area contributed by atoms with E-state index in [4.69, 9.17) is 9.47 Å². The van der Waals surface area contributed by atoms with Gasteiger partial charge >= 0.3 is 6.09 Å². The molecule has 0 bridgehead atoms. The lowest BCUT2D eigenvalue weighted by atomic mass is 10.1. The van der Waals surface area contributed by atoms with Gasteiger partial charge in [-0.05, 0) is 45.4 Å². The third-order valence-electron chi connectivity index (χ3n) is 2.44. The van der Waals surface area contributed by atoms with Crippen LogP contribution < -0.4 is 10.1 Å². The Morgan fingerprint density at radius 3 is 2.40 bits per heavy atom. The number of hydrogen-bond donors (Lipinski definition) is 3. The number of hydrogen-bond acceptors (Lipinski definition) is 5. The molecule has 1 rings (SSSR count). The number of methoxy groups -OCH3 is 1. The Labute approximate surface area is 118 Å². The van der Waals surface area contributed by atoms with Crippen LogP contribution in [0.25, 0.3) is 0 Å². The first kappa shape index (κ1) is 16.1. The van der Waals surface area contributed by atoms with Gasteiger partial charge in [0.25, 0.3) is 0 Å². The average molecular weight is 283 g/mol. The molecule has 1 amide bonds. The van der Waals surface area contributed by atoms with E-state index < -0.39 is 17.8 Å². The van der Waals surface area contributed by atoms with Gasteiger partial charge in [-0.1, -0.05) is 0 Å². The number of phenols is 1. The predicted molar refractivity (Wildman–Crippen MR) is 75.1 cm³/mol. The molecule has 20 heavy (non-hydrogen) atoms. The van der Waals surface area contributed by atoms with Crippen LogP contribution in [0.2, 0.25) is 0 Å². The molecule has 0 aliphatic heterocycles. The zero-order valence-corrected chi connectivity index (χ0v) is 12.4. The zero-order valence-electron chi connectivity index (χ0n) is 12.4. The monoisotopic (exact) mass is 283 g/mol. The standard InChI is InChI=1S/C14H21NO5/c1-8(16)9-6-10(12(17)11(7-9)19-5)15-13(18)20-14(2,3)4/h6-8,16-17H,1-5H3,(H,15,18)/t8-/m0/s1. The summed E-state index contributed by atoms with van der Waals surface area (Å²) in [6.07, 6.45) is -1.46. The molecule has 0 heterocycles. The van der Waals surface area contributed by atoms with Gasteiger partial charge in [0.15, 0.2) is 11.5 Å². The van der Waals surface area contributed by atoms with Crippen LogP contribution in [0.15, 0.2) is 12.1 Å². The van der Waals surface area contributed by atoms with Crippen LogP contribution in [-0.2, 0) is 4.74 Å². The van der Waals surface area contributed by atoms with E-state index >= 15 is 0 Å². The summed E-state index contributed by atoms with van der Waals surface area (Å²) in [5, 5.41) is 22.0. The molecule has 0 saturated heterocycles. The van der Waals surface area contributed by atoms with Crippen molar-refractivity contribution in [3.63, 3.8) is 0 Å². The summed E-state index contributed by atoms with van der Waals surface area (Å²) in [7, 11) is 1.39. The molecule has 0 saturated carbocycles. The normalized spacial score (nSPS) is 12.7. The van der Waals surface area contributed by atoms with Crippen LogP contribution >= 0.6 is 0 Å². The second-order valence-electron chi connectivity index (χ2n) is 5.42. The van der Waals surface area contributed by atoms with E-state index in [1.54, 1.807) is 27.7 Å². The predicted octanol–water partition coefficient (Wildman–Crippen LogP) is 2.80. The van der Waals surface area contributed by atoms with Crippen molar-refractivity contribution in [1.29, 1.82) is 0 Å². The number of amides is 1. The van der Waals surface area contributed by atoms with Crippen molar-refractivity contribution >= 4 is 11.8 Å². The minimum Gasteiger partial charge on any atom is -0.503 e. The molecule has 1 atom stereocenters. The van der Waals surface area contributed by atoms with E-state index in [1.165, 1.54) is 19.2 Å². The molecule has 0 aromatic heterocycles. The number of benzene rings is 1. The van der Waals surface area contributed by atoms with Crippen molar-refractivity contribution in [3.8, 4) is 11.5 Å². The van der Waals surface area contributed by atoms with E-state index in [2.05, 4.69) is 5.32 Å². The van der Waals surface area contributed by atoms with Crippen LogP contribution in [-0.4, -0.2) is 29.0 Å². The van der Waals surface area contributed by atoms with Crippen LogP contribution in [0.1, 0.15) is 39.4 Å².